The summed E-state index contributed by atoms with van der Waals surface area (Å²) in [4.78, 5) is 26.0. The zero-order valence-electron chi connectivity index (χ0n) is 17.7. The highest BCUT2D eigenvalue weighted by Gasteiger charge is 2.37. The summed E-state index contributed by atoms with van der Waals surface area (Å²) in [5.74, 6) is 0.471. The molecule has 0 unspecified atom stereocenters. The highest BCUT2D eigenvalue weighted by molar-refractivity contribution is 6.30. The Balaban J connectivity index is 1.55. The molecule has 7 heteroatoms. The van der Waals surface area contributed by atoms with Crippen molar-refractivity contribution in [3.8, 4) is 0 Å². The summed E-state index contributed by atoms with van der Waals surface area (Å²) in [6.45, 7) is 2.11. The molecular weight excluding hydrogens is 424 g/mol. The molecule has 0 radical (unpaired) electrons. The van der Waals surface area contributed by atoms with Crippen molar-refractivity contribution in [2.24, 2.45) is 0 Å². The number of aromatic nitrogens is 2. The summed E-state index contributed by atoms with van der Waals surface area (Å²) in [5.41, 5.74) is 4.94. The molecule has 0 spiro atoms. The van der Waals surface area contributed by atoms with Crippen LogP contribution in [-0.4, -0.2) is 21.5 Å². The van der Waals surface area contributed by atoms with Crippen molar-refractivity contribution in [2.75, 3.05) is 10.6 Å². The van der Waals surface area contributed by atoms with E-state index >= 15 is 0 Å². The van der Waals surface area contributed by atoms with Crippen molar-refractivity contribution in [3.63, 3.8) is 0 Å². The van der Waals surface area contributed by atoms with Crippen molar-refractivity contribution in [1.29, 1.82) is 0 Å². The number of halogens is 1. The van der Waals surface area contributed by atoms with Gasteiger partial charge in [0.2, 0.25) is 0 Å². The second kappa shape index (κ2) is 8.28. The van der Waals surface area contributed by atoms with Gasteiger partial charge in [-0.15, -0.1) is 0 Å². The third kappa shape index (κ3) is 3.60. The fourth-order valence-electron chi connectivity index (χ4n) is 4.40. The van der Waals surface area contributed by atoms with Gasteiger partial charge in [0, 0.05) is 28.4 Å². The van der Waals surface area contributed by atoms with E-state index in [9.17, 15) is 9.59 Å². The summed E-state index contributed by atoms with van der Waals surface area (Å²) in [5, 5.41) is 11.4. The number of anilines is 2. The SMILES string of the molecule is CCc1ccc([C@H]2C3=C(CCCC3=O)Nc3c(C(=O)Nc4ccc(Cl)cc4)cnn32)cc1. The quantitative estimate of drug-likeness (QED) is 0.564. The lowest BCUT2D eigenvalue weighted by molar-refractivity contribution is -0.116. The standard InChI is InChI=1S/C25H23ClN4O2/c1-2-15-6-8-16(9-7-15)23-22-20(4-3-5-21(22)31)29-24-19(14-27-30(23)24)25(32)28-18-12-10-17(26)11-13-18/h6-14,23,29H,2-5H2,1H3,(H,28,32)/t23-/m0/s1. The molecule has 0 fully saturated rings. The summed E-state index contributed by atoms with van der Waals surface area (Å²) in [6, 6.07) is 14.9. The van der Waals surface area contributed by atoms with E-state index in [4.69, 9.17) is 11.6 Å². The van der Waals surface area contributed by atoms with Crippen LogP contribution in [0.3, 0.4) is 0 Å². The molecule has 0 saturated carbocycles. The molecule has 2 aliphatic rings. The van der Waals surface area contributed by atoms with Crippen LogP contribution in [0, 0.1) is 0 Å². The molecule has 162 valence electrons. The van der Waals surface area contributed by atoms with Crippen LogP contribution in [0.5, 0.6) is 0 Å². The number of amides is 1. The molecule has 1 aliphatic carbocycles. The predicted octanol–water partition coefficient (Wildman–Crippen LogP) is 5.37. The van der Waals surface area contributed by atoms with Gasteiger partial charge in [-0.25, -0.2) is 4.68 Å². The number of ketones is 1. The fraction of sp³-hybridized carbons (Fsp3) is 0.240. The van der Waals surface area contributed by atoms with E-state index in [-0.39, 0.29) is 17.7 Å². The van der Waals surface area contributed by atoms with Crippen molar-refractivity contribution in [1.82, 2.24) is 9.78 Å². The van der Waals surface area contributed by atoms with Crippen LogP contribution in [0.15, 0.2) is 66.0 Å². The van der Waals surface area contributed by atoms with Gasteiger partial charge < -0.3 is 10.6 Å². The first-order valence-electron chi connectivity index (χ1n) is 10.8. The predicted molar refractivity (Wildman–Crippen MR) is 125 cm³/mol. The zero-order chi connectivity index (χ0) is 22.2. The van der Waals surface area contributed by atoms with Gasteiger partial charge in [0.1, 0.15) is 17.4 Å². The van der Waals surface area contributed by atoms with Crippen LogP contribution in [0.1, 0.15) is 53.7 Å². The van der Waals surface area contributed by atoms with Crippen LogP contribution in [0.4, 0.5) is 11.5 Å². The Hall–Kier alpha value is -3.38. The molecule has 1 amide bonds. The third-order valence-corrected chi connectivity index (χ3v) is 6.34. The van der Waals surface area contributed by atoms with Gasteiger partial charge in [-0.3, -0.25) is 9.59 Å². The molecule has 1 atom stereocenters. The van der Waals surface area contributed by atoms with Crippen LogP contribution in [0.25, 0.3) is 0 Å². The second-order valence-electron chi connectivity index (χ2n) is 8.10. The number of carbonyl (C=O) groups is 2. The van der Waals surface area contributed by atoms with E-state index in [1.807, 2.05) is 0 Å². The zero-order valence-corrected chi connectivity index (χ0v) is 18.4. The maximum Gasteiger partial charge on any atom is 0.261 e. The molecule has 2 aromatic carbocycles. The largest absolute Gasteiger partial charge is 0.343 e. The minimum atomic E-state index is -0.350. The normalized spacial score (nSPS) is 17.4. The van der Waals surface area contributed by atoms with Crippen molar-refractivity contribution >= 4 is 34.8 Å². The summed E-state index contributed by atoms with van der Waals surface area (Å²) >= 11 is 5.94. The third-order valence-electron chi connectivity index (χ3n) is 6.09. The minimum absolute atomic E-state index is 0.136. The number of benzene rings is 2. The molecule has 3 aromatic rings. The number of nitrogens with one attached hydrogen (secondary N) is 2. The van der Waals surface area contributed by atoms with Gasteiger partial charge in [-0.05, 0) is 54.7 Å². The van der Waals surface area contributed by atoms with E-state index in [1.54, 1.807) is 35.1 Å². The Kier molecular flexibility index (Phi) is 5.31. The molecule has 2 heterocycles. The molecule has 2 N–H and O–H groups in total. The van der Waals surface area contributed by atoms with Crippen LogP contribution < -0.4 is 10.6 Å². The molecule has 32 heavy (non-hydrogen) atoms. The molecule has 6 nitrogen and oxygen atoms in total. The smallest absolute Gasteiger partial charge is 0.261 e. The Bertz CT molecular complexity index is 1230. The number of hydrogen-bond acceptors (Lipinski definition) is 4. The van der Waals surface area contributed by atoms with E-state index in [1.165, 1.54) is 5.56 Å². The molecular formula is C25H23ClN4O2. The highest BCUT2D eigenvalue weighted by atomic mass is 35.5. The average Bonchev–Trinajstić information content (AvgIpc) is 3.23. The first-order chi connectivity index (χ1) is 15.5. The number of carbonyl (C=O) groups excluding carboxylic acids is 2. The Morgan fingerprint density at radius 3 is 2.62 bits per heavy atom. The van der Waals surface area contributed by atoms with Crippen molar-refractivity contribution < 1.29 is 9.59 Å². The monoisotopic (exact) mass is 446 g/mol. The van der Waals surface area contributed by atoms with Crippen molar-refractivity contribution in [3.05, 3.63) is 87.7 Å². The van der Waals surface area contributed by atoms with Gasteiger partial charge in [0.25, 0.3) is 5.91 Å². The molecule has 0 saturated heterocycles. The van der Waals surface area contributed by atoms with Crippen molar-refractivity contribution in [2.45, 2.75) is 38.6 Å². The van der Waals surface area contributed by atoms with Crippen LogP contribution >= 0.6 is 11.6 Å². The lowest BCUT2D eigenvalue weighted by Crippen LogP contribution is -2.32. The van der Waals surface area contributed by atoms with Gasteiger partial charge in [-0.2, -0.15) is 5.10 Å². The lowest BCUT2D eigenvalue weighted by atomic mass is 9.85. The fourth-order valence-corrected chi connectivity index (χ4v) is 4.53. The van der Waals surface area contributed by atoms with E-state index in [0.717, 1.165) is 36.1 Å². The van der Waals surface area contributed by atoms with E-state index in [2.05, 4.69) is 46.9 Å². The maximum absolute atomic E-state index is 13.1. The summed E-state index contributed by atoms with van der Waals surface area (Å²) in [7, 11) is 0. The number of allylic oxidation sites excluding steroid dienone is 2. The van der Waals surface area contributed by atoms with Gasteiger partial charge in [0.15, 0.2) is 5.78 Å². The van der Waals surface area contributed by atoms with Crippen LogP contribution in [-0.2, 0) is 11.2 Å². The topological polar surface area (TPSA) is 76.0 Å². The number of hydrogen-bond donors (Lipinski definition) is 2. The molecule has 5 rings (SSSR count). The first-order valence-corrected chi connectivity index (χ1v) is 11.2. The average molecular weight is 447 g/mol. The Morgan fingerprint density at radius 1 is 1.16 bits per heavy atom. The molecule has 1 aromatic heterocycles. The lowest BCUT2D eigenvalue weighted by Gasteiger charge is -2.33. The number of fused-ring (bicyclic) bond motifs is 1. The Labute approximate surface area is 191 Å². The summed E-state index contributed by atoms with van der Waals surface area (Å²) < 4.78 is 1.76. The van der Waals surface area contributed by atoms with E-state index in [0.29, 0.717) is 28.5 Å². The Morgan fingerprint density at radius 2 is 1.91 bits per heavy atom. The first kappa shape index (κ1) is 20.5. The van der Waals surface area contributed by atoms with Gasteiger partial charge in [0.05, 0.1) is 6.20 Å². The number of nitrogens with zero attached hydrogens (tertiary/aromatic N) is 2. The second-order valence-corrected chi connectivity index (χ2v) is 8.54. The number of aryl methyl sites for hydroxylation is 1. The summed E-state index contributed by atoms with van der Waals surface area (Å²) in [6.07, 6.45) is 4.61. The maximum atomic E-state index is 13.1. The highest BCUT2D eigenvalue weighted by Crippen LogP contribution is 2.41. The van der Waals surface area contributed by atoms with Gasteiger partial charge in [-0.1, -0.05) is 42.8 Å². The molecule has 1 aliphatic heterocycles. The number of Topliss-reactive ketones (excluding diaryl/α,β-unsaturated/α-hetero) is 1. The van der Waals surface area contributed by atoms with Gasteiger partial charge >= 0.3 is 0 Å². The minimum Gasteiger partial charge on any atom is -0.343 e. The van der Waals surface area contributed by atoms with Crippen LogP contribution in [0.2, 0.25) is 5.02 Å². The number of rotatable bonds is 4. The molecule has 0 bridgehead atoms. The van der Waals surface area contributed by atoms with E-state index < -0.39 is 0 Å².